The Bertz CT molecular complexity index is 1120. The summed E-state index contributed by atoms with van der Waals surface area (Å²) in [5, 5.41) is 13.6. The molecule has 1 aromatic rings. The third kappa shape index (κ3) is 9.01. The van der Waals surface area contributed by atoms with Crippen LogP contribution in [-0.4, -0.2) is 23.2 Å². The molecule has 1 aromatic carbocycles. The first kappa shape index (κ1) is 32.0. The number of nitrogens with one attached hydrogen (secondary N) is 1. The van der Waals surface area contributed by atoms with Crippen molar-refractivity contribution in [1.82, 2.24) is 5.32 Å². The second-order valence-electron chi connectivity index (χ2n) is 12.9. The normalized spacial score (nSPS) is 20.7. The van der Waals surface area contributed by atoms with Crippen LogP contribution in [0.15, 0.2) is 34.9 Å². The largest absolute Gasteiger partial charge is 0.507 e. The maximum Gasteiger partial charge on any atom is 0.246 e. The fourth-order valence-electron chi connectivity index (χ4n) is 6.22. The molecule has 0 aromatic heterocycles. The second kappa shape index (κ2) is 14.9. The van der Waals surface area contributed by atoms with Crippen molar-refractivity contribution in [3.05, 3.63) is 57.2 Å². The summed E-state index contributed by atoms with van der Waals surface area (Å²) >= 11 is 0. The smallest absolute Gasteiger partial charge is 0.246 e. The van der Waals surface area contributed by atoms with Crippen molar-refractivity contribution in [2.24, 2.45) is 5.92 Å². The maximum absolute atomic E-state index is 12.4. The van der Waals surface area contributed by atoms with Gasteiger partial charge in [0.05, 0.1) is 0 Å². The average molecular weight is 550 g/mol. The zero-order valence-corrected chi connectivity index (χ0v) is 26.5. The first-order valence-electron chi connectivity index (χ1n) is 15.8. The lowest BCUT2D eigenvalue weighted by atomic mass is 9.85. The number of phenols is 1. The van der Waals surface area contributed by atoms with E-state index in [1.165, 1.54) is 48.8 Å². The van der Waals surface area contributed by atoms with Crippen LogP contribution in [0.25, 0.3) is 0 Å². The van der Waals surface area contributed by atoms with Crippen LogP contribution in [0, 0.1) is 26.7 Å². The van der Waals surface area contributed by atoms with Crippen LogP contribution in [0.2, 0.25) is 0 Å². The standard InChI is InChI=1S/C36H55NO3/c1-25(16-12-18-27(3)35(39)37-24-31-19-9-8-10-20-31)14-11-15-26(2)17-13-22-36(7)23-21-32-30(6)33(38)28(4)29(5)34(32)40-36/h14,17-18,31,38H,8-13,15-16,19-24H2,1-7H3,(H,37,39)/b25-14+,26-17+,27-18+/t36-/m1/s1. The van der Waals surface area contributed by atoms with Crippen molar-refractivity contribution < 1.29 is 14.6 Å². The Kier molecular flexibility index (Phi) is 12.0. The van der Waals surface area contributed by atoms with Gasteiger partial charge in [-0.05, 0) is 135 Å². The molecule has 1 heterocycles. The highest BCUT2D eigenvalue weighted by molar-refractivity contribution is 5.92. The Balaban J connectivity index is 1.37. The molecular weight excluding hydrogens is 494 g/mol. The molecule has 222 valence electrons. The van der Waals surface area contributed by atoms with Gasteiger partial charge in [-0.3, -0.25) is 4.79 Å². The van der Waals surface area contributed by atoms with Crippen molar-refractivity contribution in [2.45, 2.75) is 138 Å². The van der Waals surface area contributed by atoms with E-state index in [0.717, 1.165) is 85.9 Å². The lowest BCUT2D eigenvalue weighted by Crippen LogP contribution is -2.37. The summed E-state index contributed by atoms with van der Waals surface area (Å²) < 4.78 is 6.59. The molecule has 0 radical (unpaired) electrons. The minimum atomic E-state index is -0.167. The number of rotatable bonds is 12. The summed E-state index contributed by atoms with van der Waals surface area (Å²) in [4.78, 5) is 12.4. The molecule has 40 heavy (non-hydrogen) atoms. The van der Waals surface area contributed by atoms with E-state index >= 15 is 0 Å². The van der Waals surface area contributed by atoms with E-state index in [-0.39, 0.29) is 11.5 Å². The molecule has 4 nitrogen and oxygen atoms in total. The molecule has 1 aliphatic heterocycles. The summed E-state index contributed by atoms with van der Waals surface area (Å²) in [6.07, 6.45) is 21.3. The Labute approximate surface area is 244 Å². The van der Waals surface area contributed by atoms with Gasteiger partial charge in [0.15, 0.2) is 0 Å². The highest BCUT2D eigenvalue weighted by atomic mass is 16.5. The molecule has 1 aliphatic carbocycles. The summed E-state index contributed by atoms with van der Waals surface area (Å²) in [5.41, 5.74) is 7.66. The number of carbonyl (C=O) groups excluding carboxylic acids is 1. The predicted octanol–water partition coefficient (Wildman–Crippen LogP) is 9.28. The van der Waals surface area contributed by atoms with Crippen molar-refractivity contribution in [2.75, 3.05) is 6.54 Å². The second-order valence-corrected chi connectivity index (χ2v) is 12.9. The van der Waals surface area contributed by atoms with Gasteiger partial charge in [-0.2, -0.15) is 0 Å². The Morgan fingerprint density at radius 1 is 0.925 bits per heavy atom. The number of hydrogen-bond donors (Lipinski definition) is 2. The van der Waals surface area contributed by atoms with E-state index in [4.69, 9.17) is 4.74 Å². The molecule has 0 spiro atoms. The van der Waals surface area contributed by atoms with Gasteiger partial charge in [-0.1, -0.05) is 48.6 Å². The molecule has 1 atom stereocenters. The monoisotopic (exact) mass is 549 g/mol. The molecule has 2 aliphatic rings. The maximum atomic E-state index is 12.4. The van der Waals surface area contributed by atoms with Gasteiger partial charge < -0.3 is 15.2 Å². The highest BCUT2D eigenvalue weighted by Gasteiger charge is 2.34. The van der Waals surface area contributed by atoms with Crippen LogP contribution in [0.4, 0.5) is 0 Å². The number of carbonyl (C=O) groups is 1. The third-order valence-corrected chi connectivity index (χ3v) is 9.41. The van der Waals surface area contributed by atoms with E-state index in [2.05, 4.69) is 51.2 Å². The van der Waals surface area contributed by atoms with Gasteiger partial charge in [0, 0.05) is 17.7 Å². The molecule has 1 amide bonds. The SMILES string of the molecule is C/C(=C\CC/C(C)=C/CC[C@]1(C)CCc2c(C)c(O)c(C)c(C)c2O1)CC/C=C(\C)C(=O)NCC1CCCCC1. The van der Waals surface area contributed by atoms with Gasteiger partial charge in [-0.25, -0.2) is 0 Å². The van der Waals surface area contributed by atoms with Crippen molar-refractivity contribution in [1.29, 1.82) is 0 Å². The summed E-state index contributed by atoms with van der Waals surface area (Å²) in [6, 6.07) is 0. The van der Waals surface area contributed by atoms with Crippen LogP contribution < -0.4 is 10.1 Å². The number of hydrogen-bond acceptors (Lipinski definition) is 3. The van der Waals surface area contributed by atoms with Gasteiger partial charge in [0.25, 0.3) is 0 Å². The van der Waals surface area contributed by atoms with E-state index in [1.54, 1.807) is 0 Å². The fraction of sp³-hybridized carbons (Fsp3) is 0.639. The van der Waals surface area contributed by atoms with Crippen LogP contribution in [0.1, 0.15) is 127 Å². The van der Waals surface area contributed by atoms with Crippen LogP contribution in [0.5, 0.6) is 11.5 Å². The summed E-state index contributed by atoms with van der Waals surface area (Å²) in [6.45, 7) is 15.5. The first-order chi connectivity index (χ1) is 19.0. The van der Waals surface area contributed by atoms with Gasteiger partial charge in [0.1, 0.15) is 17.1 Å². The number of benzene rings is 1. The zero-order chi connectivity index (χ0) is 29.3. The van der Waals surface area contributed by atoms with Gasteiger partial charge in [0.2, 0.25) is 5.91 Å². The number of phenolic OH excluding ortho intramolecular Hbond substituents is 1. The number of fused-ring (bicyclic) bond motifs is 1. The highest BCUT2D eigenvalue weighted by Crippen LogP contribution is 2.44. The average Bonchev–Trinajstić information content (AvgIpc) is 2.94. The van der Waals surface area contributed by atoms with E-state index in [9.17, 15) is 9.90 Å². The molecule has 1 fully saturated rings. The van der Waals surface area contributed by atoms with Crippen LogP contribution >= 0.6 is 0 Å². The molecule has 0 unspecified atom stereocenters. The topological polar surface area (TPSA) is 58.6 Å². The fourth-order valence-corrected chi connectivity index (χ4v) is 6.22. The first-order valence-corrected chi connectivity index (χ1v) is 15.8. The summed E-state index contributed by atoms with van der Waals surface area (Å²) in [7, 11) is 0. The Hall–Kier alpha value is -2.49. The van der Waals surface area contributed by atoms with E-state index < -0.39 is 0 Å². The van der Waals surface area contributed by atoms with Crippen molar-refractivity contribution in [3.63, 3.8) is 0 Å². The van der Waals surface area contributed by atoms with Gasteiger partial charge in [-0.15, -0.1) is 0 Å². The Morgan fingerprint density at radius 3 is 2.23 bits per heavy atom. The molecule has 4 heteroatoms. The van der Waals surface area contributed by atoms with E-state index in [0.29, 0.717) is 11.7 Å². The molecule has 3 rings (SSSR count). The molecule has 2 N–H and O–H groups in total. The molecular formula is C36H55NO3. The van der Waals surface area contributed by atoms with Crippen LogP contribution in [0.3, 0.4) is 0 Å². The molecule has 0 bridgehead atoms. The van der Waals surface area contributed by atoms with E-state index in [1.807, 2.05) is 20.8 Å². The summed E-state index contributed by atoms with van der Waals surface area (Å²) in [5.74, 6) is 2.19. The minimum absolute atomic E-state index is 0.101. The Morgan fingerprint density at radius 2 is 1.55 bits per heavy atom. The molecule has 1 saturated carbocycles. The van der Waals surface area contributed by atoms with Gasteiger partial charge >= 0.3 is 0 Å². The zero-order valence-electron chi connectivity index (χ0n) is 26.5. The minimum Gasteiger partial charge on any atom is -0.507 e. The van der Waals surface area contributed by atoms with Crippen molar-refractivity contribution >= 4 is 5.91 Å². The number of amides is 1. The number of aromatic hydroxyl groups is 1. The number of ether oxygens (including phenoxy) is 1. The lowest BCUT2D eigenvalue weighted by Gasteiger charge is -2.38. The lowest BCUT2D eigenvalue weighted by molar-refractivity contribution is -0.117. The third-order valence-electron chi connectivity index (χ3n) is 9.41. The van der Waals surface area contributed by atoms with Crippen molar-refractivity contribution in [3.8, 4) is 11.5 Å². The number of allylic oxidation sites excluding steroid dienone is 5. The predicted molar refractivity (Wildman–Crippen MR) is 168 cm³/mol. The van der Waals surface area contributed by atoms with Crippen LogP contribution in [-0.2, 0) is 11.2 Å². The molecule has 0 saturated heterocycles. The quantitative estimate of drug-likeness (QED) is 0.202.